The van der Waals surface area contributed by atoms with Gasteiger partial charge in [-0.2, -0.15) is 0 Å². The molecular weight excluding hydrogens is 964 g/mol. The van der Waals surface area contributed by atoms with Gasteiger partial charge in [-0.3, -0.25) is 0 Å². The molecule has 0 aliphatic carbocycles. The molecule has 11 heteroatoms. The smallest absolute Gasteiger partial charge is 0.483 e. The number of rotatable bonds is 15. The van der Waals surface area contributed by atoms with E-state index >= 15 is 0 Å². The molecule has 1 aromatic heterocycles. The monoisotopic (exact) mass is 1010 g/mol. The van der Waals surface area contributed by atoms with E-state index in [9.17, 15) is 20.1 Å². The van der Waals surface area contributed by atoms with Crippen molar-refractivity contribution in [1.29, 1.82) is 0 Å². The molecule has 0 fully saturated rings. The van der Waals surface area contributed by atoms with Crippen molar-refractivity contribution >= 4 is 103 Å². The second kappa shape index (κ2) is 19.6. The van der Waals surface area contributed by atoms with Gasteiger partial charge in [0.2, 0.25) is 0 Å². The highest BCUT2D eigenvalue weighted by Crippen LogP contribution is 2.41. The van der Waals surface area contributed by atoms with E-state index in [0.717, 1.165) is 77.6 Å². The van der Waals surface area contributed by atoms with Crippen LogP contribution >= 0.6 is 45.2 Å². The fraction of sp³-hybridized carbons (Fsp3) is 0.125. The Balaban J connectivity index is 1.42. The van der Waals surface area contributed by atoms with E-state index in [1.807, 2.05) is 42.5 Å². The van der Waals surface area contributed by atoms with Gasteiger partial charge >= 0.3 is 14.2 Å². The molecule has 0 bridgehead atoms. The molecule has 7 nitrogen and oxygen atoms in total. The van der Waals surface area contributed by atoms with Gasteiger partial charge in [-0.15, -0.1) is 0 Å². The molecule has 6 aromatic carbocycles. The van der Waals surface area contributed by atoms with Crippen LogP contribution in [-0.4, -0.2) is 43.6 Å². The zero-order valence-corrected chi connectivity index (χ0v) is 36.9. The summed E-state index contributed by atoms with van der Waals surface area (Å²) in [4.78, 5) is 0. The molecule has 0 radical (unpaired) electrons. The molecule has 1 heterocycles. The van der Waals surface area contributed by atoms with Crippen molar-refractivity contribution in [2.24, 2.45) is 0 Å². The largest absolute Gasteiger partial charge is 0.488 e. The van der Waals surface area contributed by atoms with Gasteiger partial charge in [0.05, 0.1) is 12.5 Å². The van der Waals surface area contributed by atoms with Crippen LogP contribution in [-0.2, 0) is 0 Å². The number of ether oxygens (including phenoxy) is 2. The van der Waals surface area contributed by atoms with E-state index in [0.29, 0.717) is 44.5 Å². The number of hydrogen-bond donors (Lipinski definition) is 4. The number of alkyl halides is 2. The normalized spacial score (nSPS) is 12.2. The van der Waals surface area contributed by atoms with Crippen LogP contribution in [0.3, 0.4) is 0 Å². The topological polar surface area (TPSA) is 113 Å². The first-order chi connectivity index (χ1) is 28.7. The Morgan fingerprint density at radius 1 is 0.542 bits per heavy atom. The molecule has 0 saturated carbocycles. The van der Waals surface area contributed by atoms with Gasteiger partial charge in [-0.05, 0) is 183 Å². The maximum Gasteiger partial charge on any atom is 0.488 e. The number of allylic oxidation sites excluding steroid dienone is 2. The number of hydrogen-bond acceptors (Lipinski definition) is 7. The maximum atomic E-state index is 10.3. The van der Waals surface area contributed by atoms with Crippen LogP contribution in [0.4, 0.5) is 0 Å². The Morgan fingerprint density at radius 3 is 1.64 bits per heavy atom. The molecule has 0 amide bonds. The molecule has 59 heavy (non-hydrogen) atoms. The SMILES string of the molecule is CC/C(=C(/c1ccc(-c2cc(/C(=C(\CC)c3cc(OCI)cc(B(O)O)c3)c3ccccc3)c3ccccc3c2)cc1)c1ccoc1)c1cc(OCI)cc(B(O)O)c1. The average Bonchev–Trinajstić information content (AvgIpc) is 3.79. The summed E-state index contributed by atoms with van der Waals surface area (Å²) in [6.45, 7) is 4.21. The standard InChI is InChI=1S/C48H42B2I2O7/c1-3-43(37-21-39(49(53)54)26-41(23-37)58-29-51)47(35-18-19-57-28-35)33-16-14-31(15-17-33)36-20-34-12-8-9-13-45(34)46(25-36)48(32-10-6-5-7-11-32)44(4-2)38-22-40(50(55)56)27-42(24-38)59-30-52/h5-28,53-56H,3-4,29-30H2,1-2H3/b47-43+,48-44+. The van der Waals surface area contributed by atoms with E-state index in [4.69, 9.17) is 13.9 Å². The van der Waals surface area contributed by atoms with Crippen molar-refractivity contribution in [2.75, 3.05) is 9.23 Å². The molecule has 296 valence electrons. The maximum absolute atomic E-state index is 10.3. The van der Waals surface area contributed by atoms with Crippen LogP contribution in [0.25, 0.3) is 44.2 Å². The average molecular weight is 1010 g/mol. The van der Waals surface area contributed by atoms with E-state index in [-0.39, 0.29) is 0 Å². The summed E-state index contributed by atoms with van der Waals surface area (Å²) in [6.07, 6.45) is 4.72. The van der Waals surface area contributed by atoms with Crippen LogP contribution in [0.1, 0.15) is 60.1 Å². The van der Waals surface area contributed by atoms with Gasteiger partial charge < -0.3 is 34.0 Å². The lowest BCUT2D eigenvalue weighted by molar-refractivity contribution is 0.403. The van der Waals surface area contributed by atoms with Crippen LogP contribution < -0.4 is 20.4 Å². The second-order valence-electron chi connectivity index (χ2n) is 14.0. The molecule has 4 N–H and O–H groups in total. The van der Waals surface area contributed by atoms with Crippen molar-refractivity contribution in [3.63, 3.8) is 0 Å². The van der Waals surface area contributed by atoms with E-state index < -0.39 is 14.2 Å². The van der Waals surface area contributed by atoms with Crippen LogP contribution in [0.5, 0.6) is 11.5 Å². The summed E-state index contributed by atoms with van der Waals surface area (Å²) in [7, 11) is -3.30. The first-order valence-electron chi connectivity index (χ1n) is 19.3. The lowest BCUT2D eigenvalue weighted by atomic mass is 9.77. The molecule has 0 aliphatic rings. The molecular formula is C48H42B2I2O7. The predicted octanol–water partition coefficient (Wildman–Crippen LogP) is 9.74. The predicted molar refractivity (Wildman–Crippen MR) is 259 cm³/mol. The van der Waals surface area contributed by atoms with E-state index in [1.54, 1.807) is 30.7 Å². The Morgan fingerprint density at radius 2 is 1.10 bits per heavy atom. The summed E-state index contributed by atoms with van der Waals surface area (Å²) in [6, 6.07) is 44.6. The number of fused-ring (bicyclic) bond motifs is 1. The molecule has 7 aromatic rings. The molecule has 0 unspecified atom stereocenters. The first kappa shape index (κ1) is 42.5. The molecule has 0 saturated heterocycles. The lowest BCUT2D eigenvalue weighted by Gasteiger charge is -2.21. The van der Waals surface area contributed by atoms with Gasteiger partial charge in [-0.25, -0.2) is 0 Å². The minimum Gasteiger partial charge on any atom is -0.483 e. The third-order valence-electron chi connectivity index (χ3n) is 10.4. The highest BCUT2D eigenvalue weighted by Gasteiger charge is 2.22. The number of halogens is 2. The molecule has 0 aliphatic heterocycles. The Labute approximate surface area is 372 Å². The van der Waals surface area contributed by atoms with Crippen LogP contribution in [0.2, 0.25) is 0 Å². The van der Waals surface area contributed by atoms with Gasteiger partial charge in [-0.1, -0.05) is 105 Å². The highest BCUT2D eigenvalue weighted by molar-refractivity contribution is 14.1. The van der Waals surface area contributed by atoms with Crippen molar-refractivity contribution in [2.45, 2.75) is 26.7 Å². The number of benzene rings is 6. The van der Waals surface area contributed by atoms with E-state index in [2.05, 4.69) is 132 Å². The van der Waals surface area contributed by atoms with Gasteiger partial charge in [0.15, 0.2) is 0 Å². The minimum atomic E-state index is -1.65. The summed E-state index contributed by atoms with van der Waals surface area (Å²) < 4.78 is 18.2. The van der Waals surface area contributed by atoms with Gasteiger partial charge in [0.25, 0.3) is 0 Å². The fourth-order valence-electron chi connectivity index (χ4n) is 7.77. The van der Waals surface area contributed by atoms with Crippen LogP contribution in [0.15, 0.2) is 150 Å². The Kier molecular flexibility index (Phi) is 14.1. The number of furan rings is 1. The zero-order valence-electron chi connectivity index (χ0n) is 32.6. The van der Waals surface area contributed by atoms with Crippen molar-refractivity contribution in [3.05, 3.63) is 179 Å². The summed E-state index contributed by atoms with van der Waals surface area (Å²) in [5, 5.41) is 43.1. The Bertz CT molecular complexity index is 2610. The summed E-state index contributed by atoms with van der Waals surface area (Å²) >= 11 is 4.27. The molecule has 0 atom stereocenters. The lowest BCUT2D eigenvalue weighted by Crippen LogP contribution is -2.30. The minimum absolute atomic E-state index is 0.352. The van der Waals surface area contributed by atoms with E-state index in [1.165, 1.54) is 0 Å². The second-order valence-corrected chi connectivity index (χ2v) is 15.2. The van der Waals surface area contributed by atoms with Crippen LogP contribution in [0, 0.1) is 0 Å². The first-order valence-corrected chi connectivity index (χ1v) is 22.4. The molecule has 0 spiro atoms. The van der Waals surface area contributed by atoms with Gasteiger partial charge in [0.1, 0.15) is 20.7 Å². The quantitative estimate of drug-likeness (QED) is 0.0351. The zero-order chi connectivity index (χ0) is 41.5. The van der Waals surface area contributed by atoms with Crippen molar-refractivity contribution in [3.8, 4) is 22.6 Å². The fourth-order valence-corrected chi connectivity index (χ4v) is 8.49. The summed E-state index contributed by atoms with van der Waals surface area (Å²) in [5.74, 6) is 1.13. The van der Waals surface area contributed by atoms with Gasteiger partial charge in [0, 0.05) is 5.56 Å². The third-order valence-corrected chi connectivity index (χ3v) is 11.0. The summed E-state index contributed by atoms with van der Waals surface area (Å²) in [5.41, 5.74) is 12.5. The van der Waals surface area contributed by atoms with Crippen molar-refractivity contribution < 1.29 is 34.0 Å². The third kappa shape index (κ3) is 9.56. The molecule has 7 rings (SSSR count). The van der Waals surface area contributed by atoms with Crippen molar-refractivity contribution in [1.82, 2.24) is 0 Å². The Hall–Kier alpha value is -4.63. The highest BCUT2D eigenvalue weighted by atomic mass is 127.